The van der Waals surface area contributed by atoms with Crippen molar-refractivity contribution >= 4 is 40.4 Å². The molecular formula is C39H38N9O5-. The Morgan fingerprint density at radius 2 is 1.74 bits per heavy atom. The first-order chi connectivity index (χ1) is 25.6. The van der Waals surface area contributed by atoms with E-state index in [1.807, 2.05) is 31.3 Å². The molecule has 4 aromatic heterocycles. The van der Waals surface area contributed by atoms with Crippen molar-refractivity contribution in [1.29, 1.82) is 0 Å². The van der Waals surface area contributed by atoms with Crippen molar-refractivity contribution in [1.82, 2.24) is 35.5 Å². The number of anilines is 1. The van der Waals surface area contributed by atoms with E-state index in [0.717, 1.165) is 89.3 Å². The second-order valence-electron chi connectivity index (χ2n) is 14.5. The molecule has 2 aliphatic carbocycles. The van der Waals surface area contributed by atoms with E-state index in [-0.39, 0.29) is 17.6 Å². The smallest absolute Gasteiger partial charge is 0.354 e. The van der Waals surface area contributed by atoms with Gasteiger partial charge in [-0.2, -0.15) is 0 Å². The number of dihydropyridines is 1. The van der Waals surface area contributed by atoms with Gasteiger partial charge in [-0.3, -0.25) is 9.79 Å². The first-order valence-electron chi connectivity index (χ1n) is 18.1. The Kier molecular flexibility index (Phi) is 8.13. The minimum atomic E-state index is -1.07. The van der Waals surface area contributed by atoms with E-state index < -0.39 is 24.0 Å². The lowest BCUT2D eigenvalue weighted by atomic mass is 9.85. The largest absolute Gasteiger partial charge is 0.480 e. The van der Waals surface area contributed by atoms with Gasteiger partial charge in [0.2, 0.25) is 5.91 Å². The summed E-state index contributed by atoms with van der Waals surface area (Å²) in [6, 6.07) is 6.01. The first-order valence-corrected chi connectivity index (χ1v) is 18.1. The highest BCUT2D eigenvalue weighted by molar-refractivity contribution is 6.15. The lowest BCUT2D eigenvalue weighted by Crippen LogP contribution is -2.62. The van der Waals surface area contributed by atoms with Gasteiger partial charge in [0.1, 0.15) is 11.5 Å². The molecule has 2 saturated heterocycles. The molecule has 7 heterocycles. The van der Waals surface area contributed by atoms with Crippen LogP contribution in [-0.4, -0.2) is 83.8 Å². The Labute approximate surface area is 304 Å². The maximum absolute atomic E-state index is 13.7. The van der Waals surface area contributed by atoms with Gasteiger partial charge in [0.15, 0.2) is 11.7 Å². The number of carboxylic acid groups (broad SMARTS) is 2. The summed E-state index contributed by atoms with van der Waals surface area (Å²) in [7, 11) is 0. The van der Waals surface area contributed by atoms with E-state index in [0.29, 0.717) is 53.6 Å². The molecule has 0 radical (unpaired) electrons. The third-order valence-corrected chi connectivity index (χ3v) is 11.3. The standard InChI is InChI=1S/C39H38N9O5/c1-18-15-30(45-34-23(18)8-5-21-7-10-29(38(52)53)42-32(21)34)46-36(49)27-12-14-48-13-11-26(43-39(48)44-27)25-17-40-35-24(19(25)2)16-22-4-3-20-6-9-28(37(50)51)41-31(20)33(22)47-35/h6-7,9,15-17,26-27,29,43-44H,3-5,8,10-14H2,1-2H3,(H,50,51)(H,52,53)(H,45,46,49)/q-1. The van der Waals surface area contributed by atoms with Crippen LogP contribution < -0.4 is 16.0 Å². The van der Waals surface area contributed by atoms with Crippen molar-refractivity contribution in [2.45, 2.75) is 76.9 Å². The van der Waals surface area contributed by atoms with E-state index >= 15 is 0 Å². The molecule has 4 aromatic rings. The van der Waals surface area contributed by atoms with Gasteiger partial charge in [0.25, 0.3) is 0 Å². The minimum Gasteiger partial charge on any atom is -0.480 e. The predicted molar refractivity (Wildman–Crippen MR) is 195 cm³/mol. The van der Waals surface area contributed by atoms with E-state index in [2.05, 4.69) is 43.8 Å². The van der Waals surface area contributed by atoms with E-state index in [9.17, 15) is 24.6 Å². The van der Waals surface area contributed by atoms with Gasteiger partial charge in [-0.1, -0.05) is 12.1 Å². The van der Waals surface area contributed by atoms with Crippen molar-refractivity contribution < 1.29 is 24.6 Å². The number of pyridine rings is 4. The second-order valence-corrected chi connectivity index (χ2v) is 14.5. The molecule has 270 valence electrons. The molecule has 1 amide bonds. The number of hydrogen-bond donors (Lipinski definition) is 5. The zero-order chi connectivity index (χ0) is 36.5. The Morgan fingerprint density at radius 3 is 2.57 bits per heavy atom. The fourth-order valence-corrected chi connectivity index (χ4v) is 8.35. The monoisotopic (exact) mass is 712 g/mol. The molecule has 14 nitrogen and oxygen atoms in total. The van der Waals surface area contributed by atoms with Crippen molar-refractivity contribution in [2.24, 2.45) is 4.99 Å². The summed E-state index contributed by atoms with van der Waals surface area (Å²) in [6.07, 6.45) is 9.59. The summed E-state index contributed by atoms with van der Waals surface area (Å²) in [5.41, 5.74) is 10.3. The molecule has 5 aliphatic rings. The van der Waals surface area contributed by atoms with Gasteiger partial charge in [0, 0.05) is 17.6 Å². The van der Waals surface area contributed by atoms with Crippen LogP contribution in [0.5, 0.6) is 0 Å². The molecule has 3 unspecified atom stereocenters. The van der Waals surface area contributed by atoms with E-state index in [4.69, 9.17) is 15.0 Å². The molecule has 3 atom stereocenters. The van der Waals surface area contributed by atoms with Crippen LogP contribution in [0, 0.1) is 20.1 Å². The number of carboxylic acids is 2. The fraction of sp³-hybridized carbons (Fsp3) is 0.359. The van der Waals surface area contributed by atoms with Crippen molar-refractivity contribution in [3.63, 3.8) is 0 Å². The molecule has 5 N–H and O–H groups in total. The van der Waals surface area contributed by atoms with Crippen LogP contribution in [0.15, 0.2) is 47.1 Å². The highest BCUT2D eigenvalue weighted by atomic mass is 16.4. The van der Waals surface area contributed by atoms with Crippen LogP contribution in [0.4, 0.5) is 5.82 Å². The molecular weight excluding hydrogens is 674 g/mol. The number of hydrogen-bond acceptors (Lipinski definition) is 11. The quantitative estimate of drug-likeness (QED) is 0.188. The Morgan fingerprint density at radius 1 is 0.925 bits per heavy atom. The average Bonchev–Trinajstić information content (AvgIpc) is 3.16. The number of nitrogens with one attached hydrogen (secondary N) is 3. The normalized spacial score (nSPS) is 22.3. The van der Waals surface area contributed by atoms with Gasteiger partial charge in [0.05, 0.1) is 28.8 Å². The maximum Gasteiger partial charge on any atom is 0.354 e. The first kappa shape index (κ1) is 33.4. The van der Waals surface area contributed by atoms with Crippen molar-refractivity contribution in [3.8, 4) is 11.4 Å². The highest BCUT2D eigenvalue weighted by Crippen LogP contribution is 2.37. The number of amides is 1. The number of nitrogens with zero attached hydrogens (tertiary/aromatic N) is 6. The number of aromatic nitrogens is 4. The number of aromatic carboxylic acids is 1. The summed E-state index contributed by atoms with van der Waals surface area (Å²) in [4.78, 5) is 62.7. The van der Waals surface area contributed by atoms with Gasteiger partial charge >= 0.3 is 11.9 Å². The molecule has 9 rings (SSSR count). The number of rotatable bonds is 5. The van der Waals surface area contributed by atoms with Crippen LogP contribution in [-0.2, 0) is 28.9 Å². The predicted octanol–water partition coefficient (Wildman–Crippen LogP) is 3.80. The zero-order valence-electron chi connectivity index (χ0n) is 29.4. The molecule has 0 saturated carbocycles. The van der Waals surface area contributed by atoms with Gasteiger partial charge in [-0.15, -0.1) is 6.29 Å². The number of aliphatic imine (C=N–C) groups is 1. The van der Waals surface area contributed by atoms with E-state index in [1.165, 1.54) is 0 Å². The fourth-order valence-electron chi connectivity index (χ4n) is 8.35. The molecule has 0 bridgehead atoms. The van der Waals surface area contributed by atoms with Crippen LogP contribution in [0.3, 0.4) is 0 Å². The Bertz CT molecular complexity index is 2320. The molecule has 0 spiro atoms. The molecule has 3 aliphatic heterocycles. The number of carbonyl (C=O) groups excluding carboxylic acids is 1. The summed E-state index contributed by atoms with van der Waals surface area (Å²) in [6.45, 7) is 5.59. The lowest BCUT2D eigenvalue weighted by molar-refractivity contribution is -0.138. The van der Waals surface area contributed by atoms with Crippen molar-refractivity contribution in [3.05, 3.63) is 93.2 Å². The van der Waals surface area contributed by atoms with Crippen LogP contribution in [0.1, 0.15) is 81.3 Å². The summed E-state index contributed by atoms with van der Waals surface area (Å²) >= 11 is 0. The summed E-state index contributed by atoms with van der Waals surface area (Å²) < 4.78 is 0. The highest BCUT2D eigenvalue weighted by Gasteiger charge is 2.32. The molecule has 14 heteroatoms. The average molecular weight is 713 g/mol. The topological polar surface area (TPSA) is 195 Å². The Balaban J connectivity index is 0.923. The van der Waals surface area contributed by atoms with Crippen molar-refractivity contribution in [2.75, 3.05) is 18.4 Å². The maximum atomic E-state index is 13.7. The lowest BCUT2D eigenvalue weighted by Gasteiger charge is -2.57. The molecule has 2 fully saturated rings. The summed E-state index contributed by atoms with van der Waals surface area (Å²) in [5, 5.41) is 30.2. The van der Waals surface area contributed by atoms with Crippen LogP contribution >= 0.6 is 0 Å². The SMILES string of the molecule is Cc1cc(NC(=O)C2CCN3CCC(c4cnc5nc6c(cc5c4C)CCc4ccc(C(=O)O)nc4-6)N[C-]3N2)nc2c1CCC1=CCC(C(=O)O)N=C12. The van der Waals surface area contributed by atoms with Gasteiger partial charge in [-0.05, 0) is 129 Å². The minimum absolute atomic E-state index is 0.00241. The van der Waals surface area contributed by atoms with Crippen LogP contribution in [0.25, 0.3) is 22.4 Å². The second kappa shape index (κ2) is 12.9. The van der Waals surface area contributed by atoms with Gasteiger partial charge < -0.3 is 31.1 Å². The third kappa shape index (κ3) is 5.86. The number of aliphatic carboxylic acids is 1. The van der Waals surface area contributed by atoms with E-state index in [1.54, 1.807) is 6.07 Å². The number of fused-ring (bicyclic) bond motifs is 8. The number of allylic oxidation sites excluding steroid dienone is 1. The van der Waals surface area contributed by atoms with Crippen LogP contribution in [0.2, 0.25) is 0 Å². The number of carbonyl (C=O) groups is 3. The zero-order valence-corrected chi connectivity index (χ0v) is 29.4. The molecule has 53 heavy (non-hydrogen) atoms. The summed E-state index contributed by atoms with van der Waals surface area (Å²) in [5.74, 6) is -1.80. The third-order valence-electron chi connectivity index (χ3n) is 11.3. The van der Waals surface area contributed by atoms with Gasteiger partial charge in [-0.25, -0.2) is 29.5 Å². The molecule has 0 aromatic carbocycles. The number of aryl methyl sites for hydroxylation is 4. The Hall–Kier alpha value is -5.44.